The molecular weight excluding hydrogens is 437 g/mol. The molecule has 0 aliphatic carbocycles. The van der Waals surface area contributed by atoms with Crippen molar-refractivity contribution in [3.63, 3.8) is 0 Å². The Morgan fingerprint density at radius 2 is 1.66 bits per heavy atom. The lowest BCUT2D eigenvalue weighted by Crippen LogP contribution is -2.16. The van der Waals surface area contributed by atoms with Gasteiger partial charge in [0.1, 0.15) is 17.5 Å². The molecule has 9 heteroatoms. The third-order valence-electron chi connectivity index (χ3n) is 4.55. The molecule has 3 aromatic carbocycles. The van der Waals surface area contributed by atoms with Crippen LogP contribution in [0.25, 0.3) is 11.4 Å². The Kier molecular flexibility index (Phi) is 6.55. The normalized spacial score (nSPS) is 10.8. The molecule has 32 heavy (non-hydrogen) atoms. The molecule has 0 atom stereocenters. The Bertz CT molecular complexity index is 1250. The molecule has 0 unspecified atom stereocenters. The lowest BCUT2D eigenvalue weighted by Gasteiger charge is -2.11. The van der Waals surface area contributed by atoms with Crippen molar-refractivity contribution in [3.05, 3.63) is 95.8 Å². The van der Waals surface area contributed by atoms with Crippen LogP contribution >= 0.6 is 11.8 Å². The Balaban J connectivity index is 1.56. The number of carbonyl (C=O) groups is 1. The van der Waals surface area contributed by atoms with E-state index in [1.54, 1.807) is 22.8 Å². The summed E-state index contributed by atoms with van der Waals surface area (Å²) < 4.78 is 43.0. The summed E-state index contributed by atoms with van der Waals surface area (Å²) in [6.45, 7) is 0.369. The summed E-state index contributed by atoms with van der Waals surface area (Å²) >= 11 is 1.08. The van der Waals surface area contributed by atoms with E-state index in [-0.39, 0.29) is 11.4 Å². The molecule has 5 nitrogen and oxygen atoms in total. The van der Waals surface area contributed by atoms with Crippen LogP contribution in [0.1, 0.15) is 5.56 Å². The van der Waals surface area contributed by atoms with Gasteiger partial charge >= 0.3 is 0 Å². The van der Waals surface area contributed by atoms with Crippen LogP contribution in [0.2, 0.25) is 0 Å². The predicted octanol–water partition coefficient (Wildman–Crippen LogP) is 5.14. The number of aromatic nitrogens is 3. The van der Waals surface area contributed by atoms with Crippen molar-refractivity contribution >= 4 is 23.4 Å². The first-order valence-corrected chi connectivity index (χ1v) is 10.6. The fourth-order valence-corrected chi connectivity index (χ4v) is 3.79. The number of carbonyl (C=O) groups excluding carboxylic acids is 1. The summed E-state index contributed by atoms with van der Waals surface area (Å²) in [5.74, 6) is -2.29. The highest BCUT2D eigenvalue weighted by molar-refractivity contribution is 7.99. The summed E-state index contributed by atoms with van der Waals surface area (Å²) in [5.41, 5.74) is 1.12. The van der Waals surface area contributed by atoms with Gasteiger partial charge in [0.15, 0.2) is 11.0 Å². The van der Waals surface area contributed by atoms with E-state index in [0.717, 1.165) is 29.5 Å². The molecule has 1 N–H and O–H groups in total. The molecule has 1 heterocycles. The first kappa shape index (κ1) is 21.6. The lowest BCUT2D eigenvalue weighted by atomic mass is 10.2. The average Bonchev–Trinajstić information content (AvgIpc) is 3.17. The van der Waals surface area contributed by atoms with E-state index in [2.05, 4.69) is 15.5 Å². The number of halogens is 3. The standard InChI is InChI=1S/C23H17F3N4OS/c24-16-10-11-20(19(26)12-16)27-21(31)14-32-23-29-28-22(17-8-4-5-9-18(17)25)30(23)13-15-6-2-1-3-7-15/h1-12H,13-14H2,(H,27,31). The van der Waals surface area contributed by atoms with Crippen LogP contribution < -0.4 is 5.32 Å². The number of nitrogens with zero attached hydrogens (tertiary/aromatic N) is 3. The van der Waals surface area contributed by atoms with E-state index in [0.29, 0.717) is 29.2 Å². The third kappa shape index (κ3) is 5.00. The quantitative estimate of drug-likeness (QED) is 0.393. The number of anilines is 1. The van der Waals surface area contributed by atoms with Gasteiger partial charge in [-0.2, -0.15) is 0 Å². The van der Waals surface area contributed by atoms with E-state index in [9.17, 15) is 18.0 Å². The van der Waals surface area contributed by atoms with E-state index in [1.165, 1.54) is 6.07 Å². The summed E-state index contributed by atoms with van der Waals surface area (Å²) in [4.78, 5) is 12.3. The molecule has 162 valence electrons. The van der Waals surface area contributed by atoms with E-state index < -0.39 is 23.4 Å². The van der Waals surface area contributed by atoms with Gasteiger partial charge in [0.25, 0.3) is 0 Å². The third-order valence-corrected chi connectivity index (χ3v) is 5.52. The Hall–Kier alpha value is -3.59. The number of hydrogen-bond donors (Lipinski definition) is 1. The predicted molar refractivity (Wildman–Crippen MR) is 117 cm³/mol. The van der Waals surface area contributed by atoms with Crippen LogP contribution in [-0.2, 0) is 11.3 Å². The molecule has 0 radical (unpaired) electrons. The molecule has 0 saturated carbocycles. The van der Waals surface area contributed by atoms with E-state index in [4.69, 9.17) is 0 Å². The van der Waals surface area contributed by atoms with E-state index in [1.807, 2.05) is 30.3 Å². The number of hydrogen-bond acceptors (Lipinski definition) is 4. The van der Waals surface area contributed by atoms with Gasteiger partial charge in [0, 0.05) is 6.07 Å². The summed E-state index contributed by atoms with van der Waals surface area (Å²) in [6.07, 6.45) is 0. The Morgan fingerprint density at radius 1 is 0.906 bits per heavy atom. The maximum atomic E-state index is 14.4. The van der Waals surface area contributed by atoms with Gasteiger partial charge in [-0.1, -0.05) is 54.2 Å². The van der Waals surface area contributed by atoms with E-state index >= 15 is 0 Å². The zero-order valence-electron chi connectivity index (χ0n) is 16.6. The van der Waals surface area contributed by atoms with Crippen LogP contribution in [0.3, 0.4) is 0 Å². The van der Waals surface area contributed by atoms with Crippen LogP contribution in [0, 0.1) is 17.5 Å². The number of thioether (sulfide) groups is 1. The highest BCUT2D eigenvalue weighted by atomic mass is 32.2. The van der Waals surface area contributed by atoms with Crippen LogP contribution in [-0.4, -0.2) is 26.4 Å². The molecule has 1 amide bonds. The molecular formula is C23H17F3N4OS. The van der Waals surface area contributed by atoms with Crippen molar-refractivity contribution in [1.82, 2.24) is 14.8 Å². The highest BCUT2D eigenvalue weighted by Gasteiger charge is 2.19. The first-order chi connectivity index (χ1) is 15.5. The van der Waals surface area contributed by atoms with Crippen molar-refractivity contribution in [2.75, 3.05) is 11.1 Å². The van der Waals surface area contributed by atoms with Gasteiger partial charge in [-0.15, -0.1) is 10.2 Å². The number of amides is 1. The number of nitrogens with one attached hydrogen (secondary N) is 1. The van der Waals surface area contributed by atoms with Crippen molar-refractivity contribution in [1.29, 1.82) is 0 Å². The largest absolute Gasteiger partial charge is 0.323 e. The second kappa shape index (κ2) is 9.69. The van der Waals surface area contributed by atoms with Crippen molar-refractivity contribution in [2.24, 2.45) is 0 Å². The Labute approximate surface area is 186 Å². The minimum Gasteiger partial charge on any atom is -0.323 e. The molecule has 0 spiro atoms. The second-order valence-electron chi connectivity index (χ2n) is 6.82. The maximum Gasteiger partial charge on any atom is 0.234 e. The molecule has 0 saturated heterocycles. The van der Waals surface area contributed by atoms with Crippen molar-refractivity contribution in [2.45, 2.75) is 11.7 Å². The molecule has 1 aromatic heterocycles. The van der Waals surface area contributed by atoms with Crippen molar-refractivity contribution < 1.29 is 18.0 Å². The van der Waals surface area contributed by atoms with Crippen LogP contribution in [0.5, 0.6) is 0 Å². The van der Waals surface area contributed by atoms with Gasteiger partial charge in [-0.3, -0.25) is 9.36 Å². The van der Waals surface area contributed by atoms with Gasteiger partial charge in [-0.25, -0.2) is 13.2 Å². The monoisotopic (exact) mass is 454 g/mol. The molecule has 0 aliphatic heterocycles. The average molecular weight is 454 g/mol. The molecule has 0 bridgehead atoms. The van der Waals surface area contributed by atoms with Gasteiger partial charge < -0.3 is 5.32 Å². The van der Waals surface area contributed by atoms with Gasteiger partial charge in [-0.05, 0) is 29.8 Å². The smallest absolute Gasteiger partial charge is 0.234 e. The minimum atomic E-state index is -0.863. The molecule has 0 fully saturated rings. The SMILES string of the molecule is O=C(CSc1nnc(-c2ccccc2F)n1Cc1ccccc1)Nc1ccc(F)cc1F. The molecule has 4 rings (SSSR count). The van der Waals surface area contributed by atoms with Gasteiger partial charge in [0.05, 0.1) is 23.5 Å². The van der Waals surface area contributed by atoms with Crippen LogP contribution in [0.4, 0.5) is 18.9 Å². The second-order valence-corrected chi connectivity index (χ2v) is 7.76. The summed E-state index contributed by atoms with van der Waals surface area (Å²) in [5, 5.41) is 11.1. The number of benzene rings is 3. The fraction of sp³-hybridized carbons (Fsp3) is 0.0870. The maximum absolute atomic E-state index is 14.4. The van der Waals surface area contributed by atoms with Gasteiger partial charge in [0.2, 0.25) is 5.91 Å². The zero-order valence-corrected chi connectivity index (χ0v) is 17.5. The number of rotatable bonds is 7. The highest BCUT2D eigenvalue weighted by Crippen LogP contribution is 2.27. The summed E-state index contributed by atoms with van der Waals surface area (Å²) in [7, 11) is 0. The van der Waals surface area contributed by atoms with Crippen molar-refractivity contribution in [3.8, 4) is 11.4 Å². The first-order valence-electron chi connectivity index (χ1n) is 9.61. The lowest BCUT2D eigenvalue weighted by molar-refractivity contribution is -0.113. The minimum absolute atomic E-state index is 0.0962. The Morgan fingerprint density at radius 3 is 2.41 bits per heavy atom. The molecule has 4 aromatic rings. The fourth-order valence-electron chi connectivity index (χ4n) is 3.05. The topological polar surface area (TPSA) is 59.8 Å². The molecule has 0 aliphatic rings. The van der Waals surface area contributed by atoms with Crippen LogP contribution in [0.15, 0.2) is 78.0 Å². The zero-order chi connectivity index (χ0) is 22.5. The summed E-state index contributed by atoms with van der Waals surface area (Å²) in [6, 6.07) is 18.7.